The van der Waals surface area contributed by atoms with Crippen LogP contribution >= 0.6 is 11.6 Å². The third kappa shape index (κ3) is 8.57. The molecule has 0 bridgehead atoms. The van der Waals surface area contributed by atoms with Crippen molar-refractivity contribution in [3.63, 3.8) is 0 Å². The number of halogens is 1. The number of hydrogen-bond acceptors (Lipinski definition) is 4. The Bertz CT molecular complexity index is 1390. The van der Waals surface area contributed by atoms with Gasteiger partial charge in [-0.2, -0.15) is 0 Å². The highest BCUT2D eigenvalue weighted by Crippen LogP contribution is 2.25. The molecular weight excluding hydrogens is 534 g/mol. The number of sulfonamides is 1. The molecule has 208 valence electrons. The minimum atomic E-state index is -3.82. The van der Waals surface area contributed by atoms with Crippen molar-refractivity contribution in [3.8, 4) is 0 Å². The van der Waals surface area contributed by atoms with Gasteiger partial charge < -0.3 is 10.2 Å². The lowest BCUT2D eigenvalue weighted by atomic mass is 10.0. The minimum absolute atomic E-state index is 0.101. The summed E-state index contributed by atoms with van der Waals surface area (Å²) in [4.78, 5) is 29.1. The molecule has 0 fully saturated rings. The van der Waals surface area contributed by atoms with Gasteiger partial charge in [0.05, 0.1) is 11.9 Å². The van der Waals surface area contributed by atoms with Crippen molar-refractivity contribution in [1.29, 1.82) is 0 Å². The predicted octanol–water partition coefficient (Wildman–Crippen LogP) is 4.89. The van der Waals surface area contributed by atoms with Crippen LogP contribution in [0.5, 0.6) is 0 Å². The highest BCUT2D eigenvalue weighted by Gasteiger charge is 2.33. The number of benzene rings is 3. The van der Waals surface area contributed by atoms with E-state index in [4.69, 9.17) is 11.6 Å². The maximum atomic E-state index is 14.1. The van der Waals surface area contributed by atoms with Crippen molar-refractivity contribution in [3.05, 3.63) is 100 Å². The van der Waals surface area contributed by atoms with E-state index in [0.717, 1.165) is 32.8 Å². The van der Waals surface area contributed by atoms with Crippen molar-refractivity contribution in [1.82, 2.24) is 10.2 Å². The van der Waals surface area contributed by atoms with Gasteiger partial charge in [-0.1, -0.05) is 71.8 Å². The fourth-order valence-corrected chi connectivity index (χ4v) is 5.43. The molecule has 0 spiro atoms. The fraction of sp³-hybridized carbons (Fsp3) is 0.333. The number of carbonyl (C=O) groups is 2. The second kappa shape index (κ2) is 13.1. The van der Waals surface area contributed by atoms with Crippen LogP contribution < -0.4 is 9.62 Å². The number of amides is 2. The maximum absolute atomic E-state index is 14.1. The largest absolute Gasteiger partial charge is 0.352 e. The predicted molar refractivity (Wildman–Crippen MR) is 157 cm³/mol. The van der Waals surface area contributed by atoms with Gasteiger partial charge in [-0.3, -0.25) is 13.9 Å². The van der Waals surface area contributed by atoms with E-state index in [2.05, 4.69) is 5.32 Å². The van der Waals surface area contributed by atoms with Gasteiger partial charge in [0.1, 0.15) is 12.6 Å². The average molecular weight is 570 g/mol. The molecule has 0 saturated heterocycles. The first-order valence-electron chi connectivity index (χ1n) is 12.8. The quantitative estimate of drug-likeness (QED) is 0.356. The first-order valence-corrected chi connectivity index (χ1v) is 15.0. The number of rotatable bonds is 11. The lowest BCUT2D eigenvalue weighted by molar-refractivity contribution is -0.140. The molecule has 9 heteroatoms. The van der Waals surface area contributed by atoms with Gasteiger partial charge in [-0.15, -0.1) is 0 Å². The Morgan fingerprint density at radius 2 is 1.56 bits per heavy atom. The Morgan fingerprint density at radius 1 is 0.923 bits per heavy atom. The van der Waals surface area contributed by atoms with E-state index < -0.39 is 28.5 Å². The third-order valence-electron chi connectivity index (χ3n) is 6.27. The zero-order valence-corrected chi connectivity index (χ0v) is 24.6. The number of nitrogens with zero attached hydrogens (tertiary/aromatic N) is 2. The van der Waals surface area contributed by atoms with Crippen LogP contribution in [0.1, 0.15) is 36.1 Å². The molecule has 0 heterocycles. The Labute approximate surface area is 236 Å². The van der Waals surface area contributed by atoms with E-state index in [-0.39, 0.29) is 24.9 Å². The summed E-state index contributed by atoms with van der Waals surface area (Å²) in [5, 5.41) is 3.49. The highest BCUT2D eigenvalue weighted by atomic mass is 35.5. The van der Waals surface area contributed by atoms with Gasteiger partial charge in [-0.05, 0) is 62.6 Å². The number of aryl methyl sites for hydroxylation is 2. The van der Waals surface area contributed by atoms with Gasteiger partial charge >= 0.3 is 0 Å². The molecule has 3 rings (SSSR count). The molecule has 0 saturated carbocycles. The Morgan fingerprint density at radius 3 is 2.13 bits per heavy atom. The number of carbonyl (C=O) groups excluding carboxylic acids is 2. The summed E-state index contributed by atoms with van der Waals surface area (Å²) in [6, 6.07) is 20.8. The topological polar surface area (TPSA) is 86.8 Å². The molecule has 0 radical (unpaired) electrons. The molecule has 1 atom stereocenters. The van der Waals surface area contributed by atoms with E-state index in [1.165, 1.54) is 4.90 Å². The van der Waals surface area contributed by atoms with Crippen LogP contribution in [-0.2, 0) is 32.6 Å². The summed E-state index contributed by atoms with van der Waals surface area (Å²) in [5.74, 6) is -0.802. The van der Waals surface area contributed by atoms with E-state index in [9.17, 15) is 18.0 Å². The van der Waals surface area contributed by atoms with Gasteiger partial charge in [0.25, 0.3) is 0 Å². The minimum Gasteiger partial charge on any atom is -0.352 e. The Balaban J connectivity index is 2.07. The molecule has 0 unspecified atom stereocenters. The van der Waals surface area contributed by atoms with E-state index in [0.29, 0.717) is 10.7 Å². The number of nitrogens with one attached hydrogen (secondary N) is 1. The van der Waals surface area contributed by atoms with Crippen molar-refractivity contribution >= 4 is 39.1 Å². The van der Waals surface area contributed by atoms with E-state index in [1.807, 2.05) is 70.2 Å². The SMILES string of the molecule is Cc1ccc(N(CC(=O)N(Cc2ccc(Cl)cc2)[C@H](Cc2ccccc2)C(=O)NC(C)C)S(C)(=O)=O)c(C)c1. The van der Waals surface area contributed by atoms with Crippen molar-refractivity contribution in [2.75, 3.05) is 17.1 Å². The molecule has 3 aromatic rings. The second-order valence-electron chi connectivity index (χ2n) is 10.1. The first kappa shape index (κ1) is 30.2. The molecular formula is C30H36ClN3O4S. The summed E-state index contributed by atoms with van der Waals surface area (Å²) in [7, 11) is -3.82. The first-order chi connectivity index (χ1) is 18.3. The van der Waals surface area contributed by atoms with Crippen LogP contribution in [0.25, 0.3) is 0 Å². The van der Waals surface area contributed by atoms with E-state index in [1.54, 1.807) is 30.3 Å². The fourth-order valence-electron chi connectivity index (χ4n) is 4.40. The van der Waals surface area contributed by atoms with Crippen LogP contribution in [0.15, 0.2) is 72.8 Å². The summed E-state index contributed by atoms with van der Waals surface area (Å²) >= 11 is 6.08. The lowest BCUT2D eigenvalue weighted by Crippen LogP contribution is -2.54. The summed E-state index contributed by atoms with van der Waals surface area (Å²) in [5.41, 5.74) is 3.78. The maximum Gasteiger partial charge on any atom is 0.244 e. The standard InChI is InChI=1S/C30H36ClN3O4S/c1-21(2)32-30(36)28(18-24-9-7-6-8-10-24)33(19-25-12-14-26(31)15-13-25)29(35)20-34(39(5,37)38)27-16-11-22(3)17-23(27)4/h6-17,21,28H,18-20H2,1-5H3,(H,32,36)/t28-/m1/s1. The zero-order valence-electron chi connectivity index (χ0n) is 23.0. The summed E-state index contributed by atoms with van der Waals surface area (Å²) < 4.78 is 27.0. The monoisotopic (exact) mass is 569 g/mol. The van der Waals surface area contributed by atoms with Gasteiger partial charge in [0.15, 0.2) is 0 Å². The Hall–Kier alpha value is -3.36. The molecule has 2 amide bonds. The van der Waals surface area contributed by atoms with Gasteiger partial charge in [0.2, 0.25) is 21.8 Å². The van der Waals surface area contributed by atoms with Crippen LogP contribution in [-0.4, -0.2) is 50.0 Å². The molecule has 0 aliphatic carbocycles. The van der Waals surface area contributed by atoms with Crippen LogP contribution in [0.4, 0.5) is 5.69 Å². The normalized spacial score (nSPS) is 12.2. The number of hydrogen-bond donors (Lipinski definition) is 1. The smallest absolute Gasteiger partial charge is 0.244 e. The van der Waals surface area contributed by atoms with Crippen LogP contribution in [0.3, 0.4) is 0 Å². The molecule has 7 nitrogen and oxygen atoms in total. The number of anilines is 1. The van der Waals surface area contributed by atoms with Gasteiger partial charge in [-0.25, -0.2) is 8.42 Å². The summed E-state index contributed by atoms with van der Waals surface area (Å²) in [6.07, 6.45) is 1.34. The second-order valence-corrected chi connectivity index (χ2v) is 12.4. The lowest BCUT2D eigenvalue weighted by Gasteiger charge is -2.34. The molecule has 39 heavy (non-hydrogen) atoms. The molecule has 1 N–H and O–H groups in total. The molecule has 3 aromatic carbocycles. The molecule has 0 aliphatic rings. The van der Waals surface area contributed by atoms with Gasteiger partial charge in [0, 0.05) is 24.0 Å². The van der Waals surface area contributed by atoms with E-state index >= 15 is 0 Å². The summed E-state index contributed by atoms with van der Waals surface area (Å²) in [6.45, 7) is 7.09. The van der Waals surface area contributed by atoms with Crippen molar-refractivity contribution < 1.29 is 18.0 Å². The highest BCUT2D eigenvalue weighted by molar-refractivity contribution is 7.92. The average Bonchev–Trinajstić information content (AvgIpc) is 2.85. The van der Waals surface area contributed by atoms with Crippen LogP contribution in [0, 0.1) is 13.8 Å². The third-order valence-corrected chi connectivity index (χ3v) is 7.65. The van der Waals surface area contributed by atoms with Crippen molar-refractivity contribution in [2.24, 2.45) is 0 Å². The van der Waals surface area contributed by atoms with Crippen LogP contribution in [0.2, 0.25) is 5.02 Å². The molecule has 0 aromatic heterocycles. The zero-order chi connectivity index (χ0) is 28.7. The van der Waals surface area contributed by atoms with Crippen molar-refractivity contribution in [2.45, 2.75) is 52.7 Å². The molecule has 0 aliphatic heterocycles. The Kier molecular flexibility index (Phi) is 10.2.